The first-order valence-electron chi connectivity index (χ1n) is 8.23. The first-order valence-corrected chi connectivity index (χ1v) is 9.03. The first kappa shape index (κ1) is 16.8. The van der Waals surface area contributed by atoms with Gasteiger partial charge in [0.15, 0.2) is 0 Å². The lowest BCUT2D eigenvalue weighted by atomic mass is 10.0. The molecular weight excluding hydrogens is 358 g/mol. The summed E-state index contributed by atoms with van der Waals surface area (Å²) in [6.45, 7) is 6.26. The van der Waals surface area contributed by atoms with Gasteiger partial charge in [-0.05, 0) is 57.7 Å². The minimum absolute atomic E-state index is 0.0858. The SMILES string of the molecule is CC(C)(C)OC(=O)N1C(c2ccc(Br)cc2)COC2CCCC21. The smallest absolute Gasteiger partial charge is 0.411 e. The number of benzene rings is 1. The Hall–Kier alpha value is -1.07. The van der Waals surface area contributed by atoms with E-state index < -0.39 is 5.60 Å². The van der Waals surface area contributed by atoms with E-state index in [4.69, 9.17) is 9.47 Å². The molecule has 23 heavy (non-hydrogen) atoms. The van der Waals surface area contributed by atoms with Crippen LogP contribution in [0.4, 0.5) is 4.79 Å². The van der Waals surface area contributed by atoms with Gasteiger partial charge in [-0.1, -0.05) is 28.1 Å². The maximum absolute atomic E-state index is 12.8. The van der Waals surface area contributed by atoms with Crippen molar-refractivity contribution in [2.24, 2.45) is 0 Å². The monoisotopic (exact) mass is 381 g/mol. The van der Waals surface area contributed by atoms with Crippen molar-refractivity contribution in [2.75, 3.05) is 6.61 Å². The van der Waals surface area contributed by atoms with Crippen molar-refractivity contribution < 1.29 is 14.3 Å². The lowest BCUT2D eigenvalue weighted by Crippen LogP contribution is -2.54. The number of amides is 1. The van der Waals surface area contributed by atoms with E-state index in [1.54, 1.807) is 0 Å². The molecule has 5 heteroatoms. The van der Waals surface area contributed by atoms with Crippen LogP contribution >= 0.6 is 15.9 Å². The molecule has 0 aromatic heterocycles. The number of hydrogen-bond donors (Lipinski definition) is 0. The average molecular weight is 382 g/mol. The molecule has 0 spiro atoms. The predicted octanol–water partition coefficient (Wildman–Crippen LogP) is 4.68. The van der Waals surface area contributed by atoms with E-state index in [0.717, 1.165) is 29.3 Å². The van der Waals surface area contributed by atoms with Gasteiger partial charge in [0.25, 0.3) is 0 Å². The van der Waals surface area contributed by atoms with Crippen LogP contribution in [0.1, 0.15) is 51.6 Å². The summed E-state index contributed by atoms with van der Waals surface area (Å²) < 4.78 is 12.8. The summed E-state index contributed by atoms with van der Waals surface area (Å²) in [4.78, 5) is 14.8. The molecule has 1 saturated heterocycles. The van der Waals surface area contributed by atoms with Crippen LogP contribution in [0.3, 0.4) is 0 Å². The van der Waals surface area contributed by atoms with E-state index in [2.05, 4.69) is 15.9 Å². The molecule has 3 unspecified atom stereocenters. The molecule has 2 aliphatic rings. The third-order valence-electron chi connectivity index (χ3n) is 4.44. The van der Waals surface area contributed by atoms with Gasteiger partial charge in [-0.25, -0.2) is 4.79 Å². The zero-order valence-electron chi connectivity index (χ0n) is 13.9. The van der Waals surface area contributed by atoms with Crippen LogP contribution in [0.25, 0.3) is 0 Å². The fourth-order valence-corrected chi connectivity index (χ4v) is 3.73. The standard InChI is InChI=1S/C18H24BrNO3/c1-18(2,3)23-17(21)20-14-5-4-6-16(14)22-11-15(20)12-7-9-13(19)10-8-12/h7-10,14-16H,4-6,11H2,1-3H3. The largest absolute Gasteiger partial charge is 0.444 e. The van der Waals surface area contributed by atoms with Crippen molar-refractivity contribution in [1.29, 1.82) is 0 Å². The summed E-state index contributed by atoms with van der Waals surface area (Å²) in [6.07, 6.45) is 3.02. The van der Waals surface area contributed by atoms with Gasteiger partial charge < -0.3 is 9.47 Å². The number of halogens is 1. The topological polar surface area (TPSA) is 38.8 Å². The fourth-order valence-electron chi connectivity index (χ4n) is 3.46. The fraction of sp³-hybridized carbons (Fsp3) is 0.611. The van der Waals surface area contributed by atoms with Gasteiger partial charge in [0, 0.05) is 4.47 Å². The molecule has 4 nitrogen and oxygen atoms in total. The van der Waals surface area contributed by atoms with Crippen molar-refractivity contribution >= 4 is 22.0 Å². The minimum atomic E-state index is -0.492. The molecule has 0 N–H and O–H groups in total. The van der Waals surface area contributed by atoms with E-state index in [9.17, 15) is 4.79 Å². The third kappa shape index (κ3) is 3.72. The quantitative estimate of drug-likeness (QED) is 0.708. The Morgan fingerprint density at radius 2 is 1.96 bits per heavy atom. The number of morpholine rings is 1. The second-order valence-corrected chi connectivity index (χ2v) is 8.24. The van der Waals surface area contributed by atoms with E-state index in [1.165, 1.54) is 0 Å². The molecule has 1 aliphatic heterocycles. The molecule has 126 valence electrons. The number of ether oxygens (including phenoxy) is 2. The highest BCUT2D eigenvalue weighted by molar-refractivity contribution is 9.10. The number of hydrogen-bond acceptors (Lipinski definition) is 3. The Labute approximate surface area is 146 Å². The highest BCUT2D eigenvalue weighted by Crippen LogP contribution is 2.39. The van der Waals surface area contributed by atoms with Gasteiger partial charge in [0.05, 0.1) is 24.8 Å². The summed E-state index contributed by atoms with van der Waals surface area (Å²) in [5.41, 5.74) is 0.595. The van der Waals surface area contributed by atoms with Crippen LogP contribution in [0.5, 0.6) is 0 Å². The van der Waals surface area contributed by atoms with Crippen LogP contribution in [-0.2, 0) is 9.47 Å². The molecule has 1 heterocycles. The Morgan fingerprint density at radius 3 is 2.61 bits per heavy atom. The average Bonchev–Trinajstić information content (AvgIpc) is 2.93. The number of fused-ring (bicyclic) bond motifs is 1. The van der Waals surface area contributed by atoms with Gasteiger partial charge in [0.1, 0.15) is 5.60 Å². The zero-order chi connectivity index (χ0) is 16.6. The highest BCUT2D eigenvalue weighted by Gasteiger charge is 2.45. The molecule has 1 aromatic carbocycles. The van der Waals surface area contributed by atoms with Crippen molar-refractivity contribution in [3.8, 4) is 0 Å². The van der Waals surface area contributed by atoms with Gasteiger partial charge in [-0.3, -0.25) is 4.90 Å². The van der Waals surface area contributed by atoms with Crippen LogP contribution in [0.2, 0.25) is 0 Å². The van der Waals surface area contributed by atoms with E-state index in [0.29, 0.717) is 6.61 Å². The number of carbonyl (C=O) groups is 1. The highest BCUT2D eigenvalue weighted by atomic mass is 79.9. The third-order valence-corrected chi connectivity index (χ3v) is 4.97. The van der Waals surface area contributed by atoms with Crippen molar-refractivity contribution in [1.82, 2.24) is 4.90 Å². The maximum atomic E-state index is 12.8. The number of rotatable bonds is 1. The van der Waals surface area contributed by atoms with E-state index in [1.807, 2.05) is 49.9 Å². The molecule has 3 atom stereocenters. The van der Waals surface area contributed by atoms with Gasteiger partial charge in [-0.15, -0.1) is 0 Å². The lowest BCUT2D eigenvalue weighted by molar-refractivity contribution is -0.0932. The normalized spacial score (nSPS) is 27.7. The predicted molar refractivity (Wildman–Crippen MR) is 92.3 cm³/mol. The molecule has 1 saturated carbocycles. The van der Waals surface area contributed by atoms with Crippen molar-refractivity contribution in [3.63, 3.8) is 0 Å². The Balaban J connectivity index is 1.89. The lowest BCUT2D eigenvalue weighted by Gasteiger charge is -2.44. The van der Waals surface area contributed by atoms with E-state index in [-0.39, 0.29) is 24.3 Å². The van der Waals surface area contributed by atoms with Crippen LogP contribution in [0.15, 0.2) is 28.7 Å². The van der Waals surface area contributed by atoms with Crippen LogP contribution < -0.4 is 0 Å². The molecule has 3 rings (SSSR count). The first-order chi connectivity index (χ1) is 10.8. The van der Waals surface area contributed by atoms with Gasteiger partial charge >= 0.3 is 6.09 Å². The Kier molecular flexibility index (Phi) is 4.70. The Morgan fingerprint density at radius 1 is 1.26 bits per heavy atom. The maximum Gasteiger partial charge on any atom is 0.411 e. The molecule has 1 aliphatic carbocycles. The second kappa shape index (κ2) is 6.44. The molecule has 0 bridgehead atoms. The molecule has 0 radical (unpaired) electrons. The Bertz CT molecular complexity index is 567. The summed E-state index contributed by atoms with van der Waals surface area (Å²) in [7, 11) is 0. The number of nitrogens with zero attached hydrogens (tertiary/aromatic N) is 1. The number of carbonyl (C=O) groups excluding carboxylic acids is 1. The van der Waals surface area contributed by atoms with E-state index >= 15 is 0 Å². The summed E-state index contributed by atoms with van der Waals surface area (Å²) >= 11 is 3.46. The minimum Gasteiger partial charge on any atom is -0.444 e. The summed E-state index contributed by atoms with van der Waals surface area (Å²) in [5, 5.41) is 0. The molecule has 2 fully saturated rings. The van der Waals surface area contributed by atoms with Gasteiger partial charge in [-0.2, -0.15) is 0 Å². The molecule has 1 amide bonds. The second-order valence-electron chi connectivity index (χ2n) is 7.32. The van der Waals surface area contributed by atoms with Crippen LogP contribution in [0, 0.1) is 0 Å². The summed E-state index contributed by atoms with van der Waals surface area (Å²) in [6, 6.07) is 8.13. The summed E-state index contributed by atoms with van der Waals surface area (Å²) in [5.74, 6) is 0. The van der Waals surface area contributed by atoms with Crippen molar-refractivity contribution in [2.45, 2.75) is 63.8 Å². The zero-order valence-corrected chi connectivity index (χ0v) is 15.5. The van der Waals surface area contributed by atoms with Crippen LogP contribution in [-0.4, -0.2) is 35.3 Å². The van der Waals surface area contributed by atoms with Gasteiger partial charge in [0.2, 0.25) is 0 Å². The van der Waals surface area contributed by atoms with Crippen molar-refractivity contribution in [3.05, 3.63) is 34.3 Å². The molecule has 1 aromatic rings. The molecular formula is C18H24BrNO3.